The molecule has 2 rings (SSSR count). The summed E-state index contributed by atoms with van der Waals surface area (Å²) in [6.07, 6.45) is 0.906. The van der Waals surface area contributed by atoms with Gasteiger partial charge in [-0.1, -0.05) is 0 Å². The highest BCUT2D eigenvalue weighted by Crippen LogP contribution is 2.53. The number of rotatable bonds is 2. The van der Waals surface area contributed by atoms with Crippen molar-refractivity contribution < 1.29 is 4.79 Å². The van der Waals surface area contributed by atoms with Crippen LogP contribution in [0.25, 0.3) is 0 Å². The van der Waals surface area contributed by atoms with E-state index in [0.29, 0.717) is 5.92 Å². The minimum atomic E-state index is -0.474. The molecule has 86 valence electrons. The van der Waals surface area contributed by atoms with Crippen molar-refractivity contribution in [2.45, 2.75) is 17.7 Å². The van der Waals surface area contributed by atoms with Crippen LogP contribution in [0.3, 0.4) is 0 Å². The number of carbonyl (C=O) groups is 1. The first kappa shape index (κ1) is 11.5. The summed E-state index contributed by atoms with van der Waals surface area (Å²) in [5.74, 6) is 0.592. The summed E-state index contributed by atoms with van der Waals surface area (Å²) in [7, 11) is 0. The Morgan fingerprint density at radius 2 is 1.87 bits per heavy atom. The first-order valence-electron chi connectivity index (χ1n) is 5.35. The maximum absolute atomic E-state index is 11.1. The van der Waals surface area contributed by atoms with Crippen molar-refractivity contribution in [2.75, 3.05) is 32.7 Å². The molecule has 0 spiro atoms. The Labute approximate surface area is 100 Å². The highest BCUT2D eigenvalue weighted by atomic mass is 35.5. The first-order chi connectivity index (χ1) is 6.99. The van der Waals surface area contributed by atoms with Gasteiger partial charge in [-0.15, -0.1) is 23.2 Å². The molecule has 0 bridgehead atoms. The third kappa shape index (κ3) is 2.77. The van der Waals surface area contributed by atoms with Gasteiger partial charge in [0.25, 0.3) is 0 Å². The van der Waals surface area contributed by atoms with E-state index in [-0.39, 0.29) is 5.91 Å². The monoisotopic (exact) mass is 250 g/mol. The SMILES string of the molecule is CC(=O)N1CCN(CC2CC2(Cl)Cl)CC1. The molecule has 15 heavy (non-hydrogen) atoms. The molecule has 1 saturated carbocycles. The maximum atomic E-state index is 11.1. The van der Waals surface area contributed by atoms with Crippen LogP contribution in [-0.4, -0.2) is 52.8 Å². The molecule has 1 aliphatic heterocycles. The van der Waals surface area contributed by atoms with E-state index in [0.717, 1.165) is 39.1 Å². The van der Waals surface area contributed by atoms with Gasteiger partial charge in [0.2, 0.25) is 5.91 Å². The molecule has 2 fully saturated rings. The number of amides is 1. The summed E-state index contributed by atoms with van der Waals surface area (Å²) in [4.78, 5) is 15.3. The fourth-order valence-electron chi connectivity index (χ4n) is 2.02. The zero-order valence-corrected chi connectivity index (χ0v) is 10.4. The highest BCUT2D eigenvalue weighted by molar-refractivity contribution is 6.50. The molecule has 0 aromatic carbocycles. The Morgan fingerprint density at radius 1 is 1.33 bits per heavy atom. The van der Waals surface area contributed by atoms with E-state index in [4.69, 9.17) is 23.2 Å². The summed E-state index contributed by atoms with van der Waals surface area (Å²) in [6.45, 7) is 6.15. The molecule has 1 unspecified atom stereocenters. The van der Waals surface area contributed by atoms with Gasteiger partial charge in [-0.2, -0.15) is 0 Å². The molecule has 1 aliphatic carbocycles. The van der Waals surface area contributed by atoms with Gasteiger partial charge >= 0.3 is 0 Å². The predicted octanol–water partition coefficient (Wildman–Crippen LogP) is 1.34. The second-order valence-electron chi connectivity index (χ2n) is 4.47. The van der Waals surface area contributed by atoms with Gasteiger partial charge in [0.05, 0.1) is 0 Å². The van der Waals surface area contributed by atoms with Gasteiger partial charge in [-0.25, -0.2) is 0 Å². The molecule has 0 aromatic heterocycles. The molecule has 0 radical (unpaired) electrons. The van der Waals surface area contributed by atoms with E-state index in [9.17, 15) is 4.79 Å². The van der Waals surface area contributed by atoms with E-state index in [1.807, 2.05) is 4.90 Å². The van der Waals surface area contributed by atoms with E-state index < -0.39 is 4.33 Å². The van der Waals surface area contributed by atoms with E-state index >= 15 is 0 Å². The van der Waals surface area contributed by atoms with Crippen molar-refractivity contribution in [1.82, 2.24) is 9.80 Å². The highest BCUT2D eigenvalue weighted by Gasteiger charge is 2.52. The Bertz CT molecular complexity index is 262. The fourth-order valence-corrected chi connectivity index (χ4v) is 2.54. The molecular formula is C10H16Cl2N2O. The summed E-state index contributed by atoms with van der Waals surface area (Å²) in [5.41, 5.74) is 0. The van der Waals surface area contributed by atoms with Crippen LogP contribution < -0.4 is 0 Å². The maximum Gasteiger partial charge on any atom is 0.219 e. The van der Waals surface area contributed by atoms with Crippen LogP contribution in [0.1, 0.15) is 13.3 Å². The Hall–Kier alpha value is 0.01000. The topological polar surface area (TPSA) is 23.6 Å². The lowest BCUT2D eigenvalue weighted by molar-refractivity contribution is -0.130. The van der Waals surface area contributed by atoms with Crippen LogP contribution in [-0.2, 0) is 4.79 Å². The van der Waals surface area contributed by atoms with Crippen LogP contribution in [0.2, 0.25) is 0 Å². The van der Waals surface area contributed by atoms with Crippen LogP contribution >= 0.6 is 23.2 Å². The van der Waals surface area contributed by atoms with Gasteiger partial charge in [-0.05, 0) is 6.42 Å². The molecular weight excluding hydrogens is 235 g/mol. The first-order valence-corrected chi connectivity index (χ1v) is 6.10. The molecule has 1 heterocycles. The van der Waals surface area contributed by atoms with Crippen molar-refractivity contribution in [3.63, 3.8) is 0 Å². The molecule has 0 aromatic rings. The lowest BCUT2D eigenvalue weighted by Crippen LogP contribution is -2.48. The predicted molar refractivity (Wildman–Crippen MR) is 61.2 cm³/mol. The summed E-state index contributed by atoms with van der Waals surface area (Å²) < 4.78 is -0.474. The minimum Gasteiger partial charge on any atom is -0.340 e. The number of piperazine rings is 1. The summed E-state index contributed by atoms with van der Waals surface area (Å²) in [5, 5.41) is 0. The third-order valence-corrected chi connectivity index (χ3v) is 4.18. The average Bonchev–Trinajstić information content (AvgIpc) is 2.74. The Balaban J connectivity index is 1.72. The molecule has 1 amide bonds. The smallest absolute Gasteiger partial charge is 0.219 e. The lowest BCUT2D eigenvalue weighted by Gasteiger charge is -2.34. The Morgan fingerprint density at radius 3 is 2.27 bits per heavy atom. The van der Waals surface area contributed by atoms with Gasteiger partial charge in [0.1, 0.15) is 4.33 Å². The van der Waals surface area contributed by atoms with E-state index in [1.165, 1.54) is 0 Å². The number of nitrogens with zero attached hydrogens (tertiary/aromatic N) is 2. The molecule has 0 N–H and O–H groups in total. The number of hydrogen-bond acceptors (Lipinski definition) is 2. The zero-order chi connectivity index (χ0) is 11.1. The lowest BCUT2D eigenvalue weighted by atomic mass is 10.3. The summed E-state index contributed by atoms with van der Waals surface area (Å²) >= 11 is 12.0. The molecule has 1 atom stereocenters. The van der Waals surface area contributed by atoms with Crippen molar-refractivity contribution in [1.29, 1.82) is 0 Å². The van der Waals surface area contributed by atoms with Crippen LogP contribution in [0.4, 0.5) is 0 Å². The normalized spacial score (nSPS) is 30.3. The van der Waals surface area contributed by atoms with Gasteiger partial charge in [-0.3, -0.25) is 9.69 Å². The largest absolute Gasteiger partial charge is 0.340 e. The second kappa shape index (κ2) is 4.11. The van der Waals surface area contributed by atoms with Crippen LogP contribution in [0.5, 0.6) is 0 Å². The van der Waals surface area contributed by atoms with Gasteiger partial charge in [0, 0.05) is 45.6 Å². The van der Waals surface area contributed by atoms with Crippen LogP contribution in [0, 0.1) is 5.92 Å². The van der Waals surface area contributed by atoms with Crippen molar-refractivity contribution in [3.8, 4) is 0 Å². The quantitative estimate of drug-likeness (QED) is 0.691. The third-order valence-electron chi connectivity index (χ3n) is 3.25. The van der Waals surface area contributed by atoms with Crippen molar-refractivity contribution in [3.05, 3.63) is 0 Å². The zero-order valence-electron chi connectivity index (χ0n) is 8.88. The van der Waals surface area contributed by atoms with Crippen molar-refractivity contribution >= 4 is 29.1 Å². The fraction of sp³-hybridized carbons (Fsp3) is 0.900. The standard InChI is InChI=1S/C10H16Cl2N2O/c1-8(15)14-4-2-13(3-5-14)7-9-6-10(9,11)12/h9H,2-7H2,1H3. The van der Waals surface area contributed by atoms with Crippen molar-refractivity contribution in [2.24, 2.45) is 5.92 Å². The molecule has 1 saturated heterocycles. The molecule has 3 nitrogen and oxygen atoms in total. The van der Waals surface area contributed by atoms with Crippen LogP contribution in [0.15, 0.2) is 0 Å². The number of carbonyl (C=O) groups excluding carboxylic acids is 1. The van der Waals surface area contributed by atoms with Gasteiger partial charge < -0.3 is 4.90 Å². The average molecular weight is 251 g/mol. The Kier molecular flexibility index (Phi) is 3.15. The summed E-state index contributed by atoms with van der Waals surface area (Å²) in [6, 6.07) is 0. The minimum absolute atomic E-state index is 0.171. The molecule has 5 heteroatoms. The second-order valence-corrected chi connectivity index (χ2v) is 6.01. The molecule has 2 aliphatic rings. The van der Waals surface area contributed by atoms with E-state index in [1.54, 1.807) is 6.92 Å². The number of halogens is 2. The van der Waals surface area contributed by atoms with Gasteiger partial charge in [0.15, 0.2) is 0 Å². The van der Waals surface area contributed by atoms with E-state index in [2.05, 4.69) is 4.90 Å². The number of alkyl halides is 2. The number of hydrogen-bond donors (Lipinski definition) is 0.